The lowest BCUT2D eigenvalue weighted by Crippen LogP contribution is -2.53. The van der Waals surface area contributed by atoms with E-state index in [-0.39, 0.29) is 12.5 Å². The predicted octanol–water partition coefficient (Wildman–Crippen LogP) is 4.15. The number of anilines is 1. The molecule has 0 saturated heterocycles. The summed E-state index contributed by atoms with van der Waals surface area (Å²) in [5.41, 5.74) is 5.02. The van der Waals surface area contributed by atoms with Gasteiger partial charge in [-0.3, -0.25) is 13.9 Å². The normalized spacial score (nSPS) is 12.0. The number of nitrogens with zero attached hydrogens (tertiary/aromatic N) is 2. The molecule has 0 aliphatic carbocycles. The van der Waals surface area contributed by atoms with Crippen molar-refractivity contribution < 1.29 is 18.0 Å². The zero-order valence-electron chi connectivity index (χ0n) is 22.8. The van der Waals surface area contributed by atoms with Gasteiger partial charge < -0.3 is 10.2 Å². The second-order valence-electron chi connectivity index (χ2n) is 9.67. The number of likely N-dealkylation sites (N-methyl/N-ethyl adjacent to an activating group) is 1. The first-order valence-corrected chi connectivity index (χ1v) is 14.6. The van der Waals surface area contributed by atoms with Gasteiger partial charge in [-0.25, -0.2) is 8.42 Å². The van der Waals surface area contributed by atoms with E-state index < -0.39 is 28.5 Å². The minimum absolute atomic E-state index is 0.165. The number of hydrogen-bond acceptors (Lipinski definition) is 4. The van der Waals surface area contributed by atoms with Gasteiger partial charge in [0.05, 0.1) is 11.9 Å². The topological polar surface area (TPSA) is 86.8 Å². The van der Waals surface area contributed by atoms with Gasteiger partial charge in [0.1, 0.15) is 12.6 Å². The van der Waals surface area contributed by atoms with Gasteiger partial charge in [0.15, 0.2) is 0 Å². The van der Waals surface area contributed by atoms with Crippen LogP contribution in [-0.2, 0) is 32.6 Å². The van der Waals surface area contributed by atoms with Gasteiger partial charge in [-0.05, 0) is 50.5 Å². The number of nitrogens with one attached hydrogen (secondary N) is 1. The van der Waals surface area contributed by atoms with Crippen molar-refractivity contribution >= 4 is 27.5 Å². The largest absolute Gasteiger partial charge is 0.355 e. The molecular weight excluding hydrogens is 498 g/mol. The van der Waals surface area contributed by atoms with E-state index in [1.54, 1.807) is 6.07 Å². The molecule has 0 fully saturated rings. The molecule has 1 atom stereocenters. The quantitative estimate of drug-likeness (QED) is 0.400. The van der Waals surface area contributed by atoms with Crippen molar-refractivity contribution in [3.63, 3.8) is 0 Å². The summed E-state index contributed by atoms with van der Waals surface area (Å²) in [5, 5.41) is 2.86. The van der Waals surface area contributed by atoms with Crippen molar-refractivity contribution in [1.82, 2.24) is 10.2 Å². The maximum absolute atomic E-state index is 14.0. The molecule has 0 aliphatic rings. The molecule has 0 heterocycles. The van der Waals surface area contributed by atoms with Crippen LogP contribution in [-0.4, -0.2) is 50.5 Å². The Morgan fingerprint density at radius 2 is 1.50 bits per heavy atom. The summed E-state index contributed by atoms with van der Waals surface area (Å²) in [7, 11) is -3.79. The molecule has 7 nitrogen and oxygen atoms in total. The number of benzene rings is 3. The maximum Gasteiger partial charge on any atom is 0.244 e. The summed E-state index contributed by atoms with van der Waals surface area (Å²) >= 11 is 0. The lowest BCUT2D eigenvalue weighted by molar-refractivity contribution is -0.140. The Bertz CT molecular complexity index is 1360. The van der Waals surface area contributed by atoms with Crippen LogP contribution in [0.2, 0.25) is 0 Å². The molecule has 3 aromatic carbocycles. The van der Waals surface area contributed by atoms with Crippen LogP contribution in [0, 0.1) is 20.8 Å². The number of aryl methyl sites for hydroxylation is 3. The zero-order valence-corrected chi connectivity index (χ0v) is 23.6. The van der Waals surface area contributed by atoms with Crippen molar-refractivity contribution in [3.05, 3.63) is 101 Å². The molecule has 0 bridgehead atoms. The van der Waals surface area contributed by atoms with Gasteiger partial charge in [-0.1, -0.05) is 77.9 Å². The summed E-state index contributed by atoms with van der Waals surface area (Å²) in [5.74, 6) is -0.739. The standard InChI is InChI=1S/C30H37N3O4S/c1-6-31-30(35)28(19-25-10-8-7-9-11-25)32(20-26-15-12-22(2)13-16-26)29(34)21-33(38(5,36)37)27-17-14-23(3)18-24(27)4/h7-18,28H,6,19-21H2,1-5H3,(H,31,35). The van der Waals surface area contributed by atoms with Crippen molar-refractivity contribution in [3.8, 4) is 0 Å². The Morgan fingerprint density at radius 3 is 2.08 bits per heavy atom. The van der Waals surface area contributed by atoms with E-state index >= 15 is 0 Å². The first kappa shape index (κ1) is 28.9. The van der Waals surface area contributed by atoms with Crippen molar-refractivity contribution in [2.24, 2.45) is 0 Å². The first-order valence-electron chi connectivity index (χ1n) is 12.7. The number of amides is 2. The van der Waals surface area contributed by atoms with Crippen LogP contribution < -0.4 is 9.62 Å². The lowest BCUT2D eigenvalue weighted by Gasteiger charge is -2.33. The van der Waals surface area contributed by atoms with Crippen LogP contribution in [0.5, 0.6) is 0 Å². The van der Waals surface area contributed by atoms with Crippen LogP contribution in [0.25, 0.3) is 0 Å². The highest BCUT2D eigenvalue weighted by molar-refractivity contribution is 7.92. The Hall–Kier alpha value is -3.65. The summed E-state index contributed by atoms with van der Waals surface area (Å²) in [4.78, 5) is 28.9. The van der Waals surface area contributed by atoms with E-state index in [2.05, 4.69) is 5.32 Å². The molecular formula is C30H37N3O4S. The second kappa shape index (κ2) is 12.7. The SMILES string of the molecule is CCNC(=O)C(Cc1ccccc1)N(Cc1ccc(C)cc1)C(=O)CN(c1ccc(C)cc1C)S(C)(=O)=O. The predicted molar refractivity (Wildman–Crippen MR) is 152 cm³/mol. The molecule has 0 aromatic heterocycles. The maximum atomic E-state index is 14.0. The number of sulfonamides is 1. The average Bonchev–Trinajstić information content (AvgIpc) is 2.86. The van der Waals surface area contributed by atoms with Crippen molar-refractivity contribution in [2.45, 2.75) is 46.7 Å². The van der Waals surface area contributed by atoms with E-state index in [9.17, 15) is 18.0 Å². The van der Waals surface area contributed by atoms with Gasteiger partial charge in [0.25, 0.3) is 0 Å². The Kier molecular flexibility index (Phi) is 9.69. The zero-order chi connectivity index (χ0) is 27.9. The van der Waals surface area contributed by atoms with Crippen LogP contribution >= 0.6 is 0 Å². The van der Waals surface area contributed by atoms with E-state index in [0.29, 0.717) is 18.7 Å². The first-order chi connectivity index (χ1) is 18.0. The number of rotatable bonds is 11. The van der Waals surface area contributed by atoms with Crippen LogP contribution in [0.4, 0.5) is 5.69 Å². The van der Waals surface area contributed by atoms with E-state index in [1.807, 2.05) is 94.4 Å². The van der Waals surface area contributed by atoms with Crippen molar-refractivity contribution in [2.75, 3.05) is 23.7 Å². The lowest BCUT2D eigenvalue weighted by atomic mass is 10.0. The molecule has 3 rings (SSSR count). The third kappa shape index (κ3) is 7.68. The fraction of sp³-hybridized carbons (Fsp3) is 0.333. The number of hydrogen-bond donors (Lipinski definition) is 1. The third-order valence-electron chi connectivity index (χ3n) is 6.40. The minimum Gasteiger partial charge on any atom is -0.355 e. The number of carbonyl (C=O) groups excluding carboxylic acids is 2. The molecule has 0 radical (unpaired) electrons. The Labute approximate surface area is 226 Å². The number of carbonyl (C=O) groups is 2. The molecule has 1 unspecified atom stereocenters. The van der Waals surface area contributed by atoms with E-state index in [1.165, 1.54) is 4.90 Å². The van der Waals surface area contributed by atoms with Crippen LogP contribution in [0.1, 0.15) is 34.7 Å². The highest BCUT2D eigenvalue weighted by Gasteiger charge is 2.33. The molecule has 3 aromatic rings. The Balaban J connectivity index is 2.05. The Morgan fingerprint density at radius 1 is 0.868 bits per heavy atom. The molecule has 8 heteroatoms. The summed E-state index contributed by atoms with van der Waals surface area (Å²) in [6.07, 6.45) is 1.39. The molecule has 1 N–H and O–H groups in total. The van der Waals surface area contributed by atoms with Crippen molar-refractivity contribution in [1.29, 1.82) is 0 Å². The second-order valence-corrected chi connectivity index (χ2v) is 11.6. The molecule has 0 aliphatic heterocycles. The van der Waals surface area contributed by atoms with E-state index in [4.69, 9.17) is 0 Å². The fourth-order valence-electron chi connectivity index (χ4n) is 4.42. The van der Waals surface area contributed by atoms with E-state index in [0.717, 1.165) is 38.4 Å². The molecule has 38 heavy (non-hydrogen) atoms. The van der Waals surface area contributed by atoms with Gasteiger partial charge >= 0.3 is 0 Å². The molecule has 2 amide bonds. The highest BCUT2D eigenvalue weighted by Crippen LogP contribution is 2.24. The summed E-state index contributed by atoms with van der Waals surface area (Å²) in [6.45, 7) is 7.72. The monoisotopic (exact) mass is 535 g/mol. The molecule has 202 valence electrons. The summed E-state index contributed by atoms with van der Waals surface area (Å²) < 4.78 is 26.9. The minimum atomic E-state index is -3.79. The highest BCUT2D eigenvalue weighted by atomic mass is 32.2. The molecule has 0 saturated carbocycles. The smallest absolute Gasteiger partial charge is 0.244 e. The van der Waals surface area contributed by atoms with Crippen LogP contribution in [0.15, 0.2) is 72.8 Å². The van der Waals surface area contributed by atoms with Gasteiger partial charge in [0.2, 0.25) is 21.8 Å². The van der Waals surface area contributed by atoms with Gasteiger partial charge in [0, 0.05) is 19.5 Å². The van der Waals surface area contributed by atoms with Gasteiger partial charge in [-0.15, -0.1) is 0 Å². The fourth-order valence-corrected chi connectivity index (χ4v) is 5.32. The summed E-state index contributed by atoms with van der Waals surface area (Å²) in [6, 6.07) is 21.9. The third-order valence-corrected chi connectivity index (χ3v) is 7.52. The average molecular weight is 536 g/mol. The van der Waals surface area contributed by atoms with Gasteiger partial charge in [-0.2, -0.15) is 0 Å². The molecule has 0 spiro atoms. The van der Waals surface area contributed by atoms with Crippen LogP contribution in [0.3, 0.4) is 0 Å².